The third kappa shape index (κ3) is 5.93. The molecule has 144 valence electrons. The Morgan fingerprint density at radius 2 is 1.96 bits per heavy atom. The van der Waals surface area contributed by atoms with E-state index in [2.05, 4.69) is 0 Å². The molecule has 0 bridgehead atoms. The van der Waals surface area contributed by atoms with E-state index in [0.29, 0.717) is 38.8 Å². The van der Waals surface area contributed by atoms with Gasteiger partial charge in [0.05, 0.1) is 7.11 Å². The summed E-state index contributed by atoms with van der Waals surface area (Å²) in [5.74, 6) is -1.17. The smallest absolute Gasteiger partial charge is 0.471 e. The standard InChI is InChI=1S/C18H23F3N2O3/c1-26-15-4-2-3-13(11-15)5-6-16(24)23-9-7-14(8-10-23)12-22-17(25)18(19,20)21/h2-4,11,14H,5-10,12H2,1H3,(H,22,25). The van der Waals surface area contributed by atoms with Crippen molar-refractivity contribution in [3.63, 3.8) is 0 Å². The number of rotatable bonds is 6. The molecule has 1 heterocycles. The fraction of sp³-hybridized carbons (Fsp3) is 0.556. The molecule has 26 heavy (non-hydrogen) atoms. The first-order valence-corrected chi connectivity index (χ1v) is 8.55. The number of piperidine rings is 1. The number of carbonyl (C=O) groups is 2. The second-order valence-corrected chi connectivity index (χ2v) is 6.38. The first kappa shape index (κ1) is 20.1. The van der Waals surface area contributed by atoms with Gasteiger partial charge in [0.25, 0.3) is 0 Å². The quantitative estimate of drug-likeness (QED) is 0.835. The van der Waals surface area contributed by atoms with Gasteiger partial charge in [-0.3, -0.25) is 9.59 Å². The van der Waals surface area contributed by atoms with E-state index >= 15 is 0 Å². The van der Waals surface area contributed by atoms with E-state index in [0.717, 1.165) is 11.3 Å². The van der Waals surface area contributed by atoms with Gasteiger partial charge in [0.1, 0.15) is 5.75 Å². The Kier molecular flexibility index (Phi) is 6.88. The van der Waals surface area contributed by atoms with Gasteiger partial charge in [0, 0.05) is 26.1 Å². The van der Waals surface area contributed by atoms with Crippen LogP contribution in [0.1, 0.15) is 24.8 Å². The third-order valence-corrected chi connectivity index (χ3v) is 4.54. The zero-order chi connectivity index (χ0) is 19.2. The van der Waals surface area contributed by atoms with Crippen molar-refractivity contribution in [1.82, 2.24) is 10.2 Å². The number of ether oxygens (including phenoxy) is 1. The van der Waals surface area contributed by atoms with Crippen molar-refractivity contribution >= 4 is 11.8 Å². The van der Waals surface area contributed by atoms with Crippen LogP contribution >= 0.6 is 0 Å². The van der Waals surface area contributed by atoms with Crippen molar-refractivity contribution in [2.75, 3.05) is 26.7 Å². The summed E-state index contributed by atoms with van der Waals surface area (Å²) in [5, 5.41) is 1.91. The summed E-state index contributed by atoms with van der Waals surface area (Å²) in [6.07, 6.45) is -2.69. The molecule has 0 aliphatic carbocycles. The maximum Gasteiger partial charge on any atom is 0.471 e. The van der Waals surface area contributed by atoms with E-state index in [4.69, 9.17) is 4.74 Å². The van der Waals surface area contributed by atoms with Gasteiger partial charge in [0.15, 0.2) is 0 Å². The van der Waals surface area contributed by atoms with E-state index in [1.165, 1.54) is 0 Å². The monoisotopic (exact) mass is 372 g/mol. The molecule has 2 amide bonds. The fourth-order valence-electron chi connectivity index (χ4n) is 2.96. The zero-order valence-electron chi connectivity index (χ0n) is 14.6. The Morgan fingerprint density at radius 1 is 1.27 bits per heavy atom. The van der Waals surface area contributed by atoms with E-state index in [1.54, 1.807) is 12.0 Å². The lowest BCUT2D eigenvalue weighted by Crippen LogP contribution is -2.44. The summed E-state index contributed by atoms with van der Waals surface area (Å²) in [5.41, 5.74) is 1.02. The molecule has 1 saturated heterocycles. The summed E-state index contributed by atoms with van der Waals surface area (Å²) in [6.45, 7) is 0.997. The molecular weight excluding hydrogens is 349 g/mol. The predicted molar refractivity (Wildman–Crippen MR) is 89.7 cm³/mol. The van der Waals surface area contributed by atoms with Crippen molar-refractivity contribution in [2.45, 2.75) is 31.9 Å². The minimum absolute atomic E-state index is 0.00974. The number of halogens is 3. The fourth-order valence-corrected chi connectivity index (χ4v) is 2.96. The molecule has 0 spiro atoms. The lowest BCUT2D eigenvalue weighted by Gasteiger charge is -2.32. The maximum atomic E-state index is 12.3. The molecule has 0 aromatic heterocycles. The van der Waals surface area contributed by atoms with Crippen molar-refractivity contribution in [1.29, 1.82) is 0 Å². The Hall–Kier alpha value is -2.25. The number of likely N-dealkylation sites (tertiary alicyclic amines) is 1. The first-order chi connectivity index (χ1) is 12.3. The van der Waals surface area contributed by atoms with E-state index in [-0.39, 0.29) is 18.4 Å². The largest absolute Gasteiger partial charge is 0.497 e. The number of nitrogens with one attached hydrogen (secondary N) is 1. The summed E-state index contributed by atoms with van der Waals surface area (Å²) in [7, 11) is 1.59. The van der Waals surface area contributed by atoms with Crippen LogP contribution in [0.5, 0.6) is 5.75 Å². The molecule has 2 rings (SSSR count). The van der Waals surface area contributed by atoms with Gasteiger partial charge in [0.2, 0.25) is 5.91 Å². The SMILES string of the molecule is COc1cccc(CCC(=O)N2CCC(CNC(=O)C(F)(F)F)CC2)c1. The van der Waals surface area contributed by atoms with Crippen LogP contribution < -0.4 is 10.1 Å². The summed E-state index contributed by atoms with van der Waals surface area (Å²) in [6, 6.07) is 7.54. The molecule has 1 N–H and O–H groups in total. The number of hydrogen-bond acceptors (Lipinski definition) is 3. The maximum absolute atomic E-state index is 12.3. The number of amides is 2. The van der Waals surface area contributed by atoms with Gasteiger partial charge in [-0.2, -0.15) is 13.2 Å². The number of benzene rings is 1. The lowest BCUT2D eigenvalue weighted by molar-refractivity contribution is -0.173. The van der Waals surface area contributed by atoms with Gasteiger partial charge < -0.3 is 15.0 Å². The Balaban J connectivity index is 1.71. The normalized spacial score (nSPS) is 15.6. The molecule has 0 radical (unpaired) electrons. The van der Waals surface area contributed by atoms with Crippen LogP contribution in [0.15, 0.2) is 24.3 Å². The van der Waals surface area contributed by atoms with Crippen LogP contribution in [0.2, 0.25) is 0 Å². The van der Waals surface area contributed by atoms with Crippen LogP contribution in [0.4, 0.5) is 13.2 Å². The van der Waals surface area contributed by atoms with Crippen molar-refractivity contribution in [2.24, 2.45) is 5.92 Å². The van der Waals surface area contributed by atoms with Gasteiger partial charge >= 0.3 is 12.1 Å². The molecule has 1 fully saturated rings. The van der Waals surface area contributed by atoms with Crippen molar-refractivity contribution < 1.29 is 27.5 Å². The van der Waals surface area contributed by atoms with E-state index in [1.807, 2.05) is 29.6 Å². The van der Waals surface area contributed by atoms with Crippen molar-refractivity contribution in [3.8, 4) is 5.75 Å². The predicted octanol–water partition coefficient (Wildman–Crippen LogP) is 2.54. The summed E-state index contributed by atoms with van der Waals surface area (Å²) in [4.78, 5) is 24.9. The lowest BCUT2D eigenvalue weighted by atomic mass is 9.96. The average molecular weight is 372 g/mol. The molecule has 1 aliphatic heterocycles. The minimum atomic E-state index is -4.85. The third-order valence-electron chi connectivity index (χ3n) is 4.54. The van der Waals surface area contributed by atoms with Crippen LogP contribution in [-0.2, 0) is 16.0 Å². The van der Waals surface area contributed by atoms with Crippen LogP contribution in [0, 0.1) is 5.92 Å². The van der Waals surface area contributed by atoms with E-state index in [9.17, 15) is 22.8 Å². The van der Waals surface area contributed by atoms with Gasteiger partial charge in [-0.25, -0.2) is 0 Å². The number of nitrogens with zero attached hydrogens (tertiary/aromatic N) is 1. The Morgan fingerprint density at radius 3 is 2.58 bits per heavy atom. The van der Waals surface area contributed by atoms with Crippen LogP contribution in [0.25, 0.3) is 0 Å². The molecule has 8 heteroatoms. The van der Waals surface area contributed by atoms with Crippen molar-refractivity contribution in [3.05, 3.63) is 29.8 Å². The van der Waals surface area contributed by atoms with Gasteiger partial charge in [-0.1, -0.05) is 12.1 Å². The molecule has 1 aromatic rings. The highest BCUT2D eigenvalue weighted by Gasteiger charge is 2.38. The highest BCUT2D eigenvalue weighted by Crippen LogP contribution is 2.20. The second kappa shape index (κ2) is 8.91. The van der Waals surface area contributed by atoms with Crippen LogP contribution in [0.3, 0.4) is 0 Å². The molecule has 1 aliphatic rings. The first-order valence-electron chi connectivity index (χ1n) is 8.55. The molecular formula is C18H23F3N2O3. The molecule has 5 nitrogen and oxygen atoms in total. The number of methoxy groups -OCH3 is 1. The highest BCUT2D eigenvalue weighted by atomic mass is 19.4. The zero-order valence-corrected chi connectivity index (χ0v) is 14.6. The van der Waals surface area contributed by atoms with Gasteiger partial charge in [-0.05, 0) is 42.9 Å². The topological polar surface area (TPSA) is 58.6 Å². The minimum Gasteiger partial charge on any atom is -0.497 e. The second-order valence-electron chi connectivity index (χ2n) is 6.38. The molecule has 0 unspecified atom stereocenters. The Bertz CT molecular complexity index is 626. The molecule has 0 saturated carbocycles. The van der Waals surface area contributed by atoms with E-state index < -0.39 is 12.1 Å². The molecule has 0 atom stereocenters. The number of hydrogen-bond donors (Lipinski definition) is 1. The number of carbonyl (C=O) groups excluding carboxylic acids is 2. The highest BCUT2D eigenvalue weighted by molar-refractivity contribution is 5.81. The number of alkyl halides is 3. The summed E-state index contributed by atoms with van der Waals surface area (Å²) < 4.78 is 41.7. The summed E-state index contributed by atoms with van der Waals surface area (Å²) >= 11 is 0. The van der Waals surface area contributed by atoms with Crippen LogP contribution in [-0.4, -0.2) is 49.6 Å². The van der Waals surface area contributed by atoms with Gasteiger partial charge in [-0.15, -0.1) is 0 Å². The Labute approximate surface area is 150 Å². The molecule has 1 aromatic carbocycles. The number of aryl methyl sites for hydroxylation is 1. The average Bonchev–Trinajstić information content (AvgIpc) is 2.64.